The average molecular weight is 336 g/mol. The summed E-state index contributed by atoms with van der Waals surface area (Å²) < 4.78 is 7.37. The van der Waals surface area contributed by atoms with Gasteiger partial charge < -0.3 is 9.64 Å². The van der Waals surface area contributed by atoms with Crippen LogP contribution in [-0.2, 0) is 16.1 Å². The summed E-state index contributed by atoms with van der Waals surface area (Å²) in [4.78, 5) is 14.5. The molecule has 0 saturated carbocycles. The Morgan fingerprint density at radius 1 is 1.43 bits per heavy atom. The number of carbonyl (C=O) groups is 1. The fourth-order valence-electron chi connectivity index (χ4n) is 2.69. The normalized spacial score (nSPS) is 20.5. The van der Waals surface area contributed by atoms with Crippen LogP contribution in [0.15, 0.2) is 30.6 Å². The van der Waals surface area contributed by atoms with Gasteiger partial charge in [0.2, 0.25) is 5.91 Å². The zero-order chi connectivity index (χ0) is 16.4. The van der Waals surface area contributed by atoms with Gasteiger partial charge in [-0.05, 0) is 30.3 Å². The summed E-state index contributed by atoms with van der Waals surface area (Å²) in [6, 6.07) is 7.54. The van der Waals surface area contributed by atoms with E-state index in [0.29, 0.717) is 18.2 Å². The number of hydrogen-bond acceptors (Lipinski definition) is 5. The molecule has 0 radical (unpaired) electrons. The van der Waals surface area contributed by atoms with Crippen molar-refractivity contribution >= 4 is 17.5 Å². The van der Waals surface area contributed by atoms with Crippen LogP contribution in [0.4, 0.5) is 0 Å². The van der Waals surface area contributed by atoms with E-state index in [4.69, 9.17) is 16.3 Å². The summed E-state index contributed by atoms with van der Waals surface area (Å²) in [6.07, 6.45) is 1.19. The zero-order valence-corrected chi connectivity index (χ0v) is 13.8. The molecule has 2 heterocycles. The smallest absolute Gasteiger partial charge is 0.245 e. The molecule has 7 nitrogen and oxygen atoms in total. The Morgan fingerprint density at radius 3 is 2.91 bits per heavy atom. The third-order valence-electron chi connectivity index (χ3n) is 3.96. The molecular weight excluding hydrogens is 318 g/mol. The fraction of sp³-hybridized carbons (Fsp3) is 0.467. The van der Waals surface area contributed by atoms with Crippen LogP contribution in [0.5, 0.6) is 0 Å². The summed E-state index contributed by atoms with van der Waals surface area (Å²) in [5.74, 6) is -0.0531. The van der Waals surface area contributed by atoms with Crippen LogP contribution in [-0.4, -0.2) is 49.7 Å². The Bertz CT molecular complexity index is 689. The SMILES string of the molecule is CC1(C)COC(c2ccccc2Cl)CN1C(=O)Cn1cnnn1. The van der Waals surface area contributed by atoms with Crippen molar-refractivity contribution in [3.8, 4) is 0 Å². The molecule has 1 unspecified atom stereocenters. The molecule has 8 heteroatoms. The lowest BCUT2D eigenvalue weighted by molar-refractivity contribution is -0.155. The number of hydrogen-bond donors (Lipinski definition) is 0. The number of carbonyl (C=O) groups excluding carboxylic acids is 1. The standard InChI is InChI=1S/C15H18ClN5O2/c1-15(2)9-23-13(11-5-3-4-6-12(11)16)7-21(15)14(22)8-20-10-17-18-19-20/h3-6,10,13H,7-9H2,1-2H3. The molecule has 1 aromatic heterocycles. The Labute approximate surface area is 139 Å². The monoisotopic (exact) mass is 335 g/mol. The van der Waals surface area contributed by atoms with Gasteiger partial charge in [0, 0.05) is 10.6 Å². The molecule has 1 aliphatic rings. The average Bonchev–Trinajstić information content (AvgIpc) is 3.00. The van der Waals surface area contributed by atoms with Crippen LogP contribution in [0.25, 0.3) is 0 Å². The van der Waals surface area contributed by atoms with Crippen molar-refractivity contribution in [3.63, 3.8) is 0 Å². The first kappa shape index (κ1) is 15.9. The van der Waals surface area contributed by atoms with Crippen LogP contribution in [0, 0.1) is 0 Å². The van der Waals surface area contributed by atoms with Crippen molar-refractivity contribution in [2.24, 2.45) is 0 Å². The van der Waals surface area contributed by atoms with Gasteiger partial charge in [-0.1, -0.05) is 29.8 Å². The highest BCUT2D eigenvalue weighted by Gasteiger charge is 2.39. The second-order valence-corrected chi connectivity index (χ2v) is 6.55. The summed E-state index contributed by atoms with van der Waals surface area (Å²) in [5, 5.41) is 11.5. The maximum absolute atomic E-state index is 12.7. The van der Waals surface area contributed by atoms with Gasteiger partial charge >= 0.3 is 0 Å². The minimum absolute atomic E-state index is 0.0531. The maximum Gasteiger partial charge on any atom is 0.245 e. The molecular formula is C15H18ClN5O2. The number of ether oxygens (including phenoxy) is 1. The predicted octanol–water partition coefficient (Wildman–Crippen LogP) is 1.71. The van der Waals surface area contributed by atoms with Crippen LogP contribution in [0.2, 0.25) is 5.02 Å². The van der Waals surface area contributed by atoms with E-state index in [1.54, 1.807) is 0 Å². The van der Waals surface area contributed by atoms with Crippen molar-refractivity contribution < 1.29 is 9.53 Å². The quantitative estimate of drug-likeness (QED) is 0.853. The largest absolute Gasteiger partial charge is 0.369 e. The third-order valence-corrected chi connectivity index (χ3v) is 4.30. The molecule has 1 amide bonds. The maximum atomic E-state index is 12.7. The third kappa shape index (κ3) is 3.35. The number of amides is 1. The summed E-state index contributed by atoms with van der Waals surface area (Å²) in [6.45, 7) is 4.94. The van der Waals surface area contributed by atoms with Gasteiger partial charge in [0.15, 0.2) is 0 Å². The van der Waals surface area contributed by atoms with Crippen molar-refractivity contribution in [1.82, 2.24) is 25.1 Å². The number of nitrogens with zero attached hydrogens (tertiary/aromatic N) is 5. The molecule has 2 aromatic rings. The Balaban J connectivity index is 1.79. The molecule has 1 atom stereocenters. The second kappa shape index (κ2) is 6.25. The van der Waals surface area contributed by atoms with Gasteiger partial charge in [0.1, 0.15) is 19.0 Å². The molecule has 0 bridgehead atoms. The molecule has 3 rings (SSSR count). The Morgan fingerprint density at radius 2 is 2.22 bits per heavy atom. The van der Waals surface area contributed by atoms with Crippen molar-refractivity contribution in [2.75, 3.05) is 13.2 Å². The van der Waals surface area contributed by atoms with E-state index < -0.39 is 5.54 Å². The number of aromatic nitrogens is 4. The predicted molar refractivity (Wildman–Crippen MR) is 83.8 cm³/mol. The molecule has 1 aromatic carbocycles. The van der Waals surface area contributed by atoms with E-state index in [0.717, 1.165) is 5.56 Å². The van der Waals surface area contributed by atoms with E-state index in [9.17, 15) is 4.79 Å². The lowest BCUT2D eigenvalue weighted by Gasteiger charge is -2.45. The molecule has 0 N–H and O–H groups in total. The number of benzene rings is 1. The van der Waals surface area contributed by atoms with Crippen LogP contribution >= 0.6 is 11.6 Å². The van der Waals surface area contributed by atoms with E-state index in [-0.39, 0.29) is 18.6 Å². The lowest BCUT2D eigenvalue weighted by Crippen LogP contribution is -2.57. The first-order chi connectivity index (χ1) is 11.0. The molecule has 0 spiro atoms. The fourth-order valence-corrected chi connectivity index (χ4v) is 2.95. The van der Waals surface area contributed by atoms with Crippen LogP contribution in [0.1, 0.15) is 25.5 Å². The highest BCUT2D eigenvalue weighted by Crippen LogP contribution is 2.33. The van der Waals surface area contributed by atoms with Gasteiger partial charge in [-0.15, -0.1) is 5.10 Å². The second-order valence-electron chi connectivity index (χ2n) is 6.15. The van der Waals surface area contributed by atoms with Gasteiger partial charge in [-0.3, -0.25) is 4.79 Å². The highest BCUT2D eigenvalue weighted by atomic mass is 35.5. The Kier molecular flexibility index (Phi) is 4.32. The van der Waals surface area contributed by atoms with E-state index in [1.165, 1.54) is 11.0 Å². The number of tetrazole rings is 1. The molecule has 1 aliphatic heterocycles. The van der Waals surface area contributed by atoms with Crippen molar-refractivity contribution in [2.45, 2.75) is 32.0 Å². The summed E-state index contributed by atoms with van der Waals surface area (Å²) in [7, 11) is 0. The first-order valence-corrected chi connectivity index (χ1v) is 7.72. The zero-order valence-electron chi connectivity index (χ0n) is 13.0. The minimum Gasteiger partial charge on any atom is -0.369 e. The number of morpholine rings is 1. The number of halogens is 1. The van der Waals surface area contributed by atoms with Gasteiger partial charge in [0.25, 0.3) is 0 Å². The van der Waals surface area contributed by atoms with Gasteiger partial charge in [-0.25, -0.2) is 4.68 Å². The van der Waals surface area contributed by atoms with Crippen molar-refractivity contribution in [3.05, 3.63) is 41.2 Å². The van der Waals surface area contributed by atoms with Crippen LogP contribution in [0.3, 0.4) is 0 Å². The molecule has 23 heavy (non-hydrogen) atoms. The van der Waals surface area contributed by atoms with Crippen LogP contribution < -0.4 is 0 Å². The topological polar surface area (TPSA) is 73.1 Å². The van der Waals surface area contributed by atoms with Crippen molar-refractivity contribution in [1.29, 1.82) is 0 Å². The van der Waals surface area contributed by atoms with E-state index >= 15 is 0 Å². The first-order valence-electron chi connectivity index (χ1n) is 7.34. The minimum atomic E-state index is -0.400. The molecule has 1 saturated heterocycles. The summed E-state index contributed by atoms with van der Waals surface area (Å²) >= 11 is 6.26. The Hall–Kier alpha value is -1.99. The number of rotatable bonds is 3. The molecule has 0 aliphatic carbocycles. The van der Waals surface area contributed by atoms with Gasteiger partial charge in [-0.2, -0.15) is 0 Å². The lowest BCUT2D eigenvalue weighted by atomic mass is 9.98. The van der Waals surface area contributed by atoms with Gasteiger partial charge in [0.05, 0.1) is 18.7 Å². The molecule has 1 fully saturated rings. The van der Waals surface area contributed by atoms with E-state index in [1.807, 2.05) is 43.0 Å². The van der Waals surface area contributed by atoms with E-state index in [2.05, 4.69) is 15.5 Å². The molecule has 122 valence electrons. The summed E-state index contributed by atoms with van der Waals surface area (Å²) in [5.41, 5.74) is 0.493. The highest BCUT2D eigenvalue weighted by molar-refractivity contribution is 6.31.